The Hall–Kier alpha value is -1.26. The molecule has 0 aliphatic carbocycles. The van der Waals surface area contributed by atoms with Crippen molar-refractivity contribution in [1.82, 2.24) is 4.98 Å². The third kappa shape index (κ3) is 3.64. The summed E-state index contributed by atoms with van der Waals surface area (Å²) in [4.78, 5) is 4.63. The van der Waals surface area contributed by atoms with Crippen molar-refractivity contribution in [2.75, 3.05) is 6.61 Å². The minimum atomic E-state index is -0.268. The van der Waals surface area contributed by atoms with Crippen LogP contribution in [0.4, 0.5) is 4.39 Å². The van der Waals surface area contributed by atoms with E-state index in [0.717, 1.165) is 16.3 Å². The van der Waals surface area contributed by atoms with Gasteiger partial charge in [-0.05, 0) is 17.7 Å². The Morgan fingerprint density at radius 1 is 1.35 bits per heavy atom. The van der Waals surface area contributed by atoms with Gasteiger partial charge in [0, 0.05) is 23.1 Å². The molecule has 1 aromatic carbocycles. The molecular formula is C16H20FNOS. The van der Waals surface area contributed by atoms with Crippen LogP contribution in [0.5, 0.6) is 0 Å². The van der Waals surface area contributed by atoms with E-state index >= 15 is 0 Å². The predicted molar refractivity (Wildman–Crippen MR) is 80.7 cm³/mol. The maximum Gasteiger partial charge on any atom is 0.123 e. The maximum absolute atomic E-state index is 13.3. The molecule has 2 aromatic rings. The van der Waals surface area contributed by atoms with Crippen LogP contribution in [-0.4, -0.2) is 16.7 Å². The molecule has 1 aromatic heterocycles. The summed E-state index contributed by atoms with van der Waals surface area (Å²) in [5.74, 6) is -0.375. The summed E-state index contributed by atoms with van der Waals surface area (Å²) in [6, 6.07) is 6.43. The zero-order valence-electron chi connectivity index (χ0n) is 12.1. The summed E-state index contributed by atoms with van der Waals surface area (Å²) in [6.07, 6.45) is 0.640. The third-order valence-corrected chi connectivity index (χ3v) is 4.15. The molecule has 20 heavy (non-hydrogen) atoms. The van der Waals surface area contributed by atoms with Gasteiger partial charge < -0.3 is 5.11 Å². The molecule has 0 aliphatic heterocycles. The highest BCUT2D eigenvalue weighted by atomic mass is 32.1. The molecule has 0 aliphatic rings. The smallest absolute Gasteiger partial charge is 0.123 e. The molecule has 0 saturated heterocycles. The molecule has 0 spiro atoms. The van der Waals surface area contributed by atoms with Crippen molar-refractivity contribution in [2.45, 2.75) is 38.5 Å². The largest absolute Gasteiger partial charge is 0.396 e. The number of hydrogen-bond donors (Lipinski definition) is 1. The van der Waals surface area contributed by atoms with Gasteiger partial charge in [0.2, 0.25) is 0 Å². The molecule has 1 atom stereocenters. The molecular weight excluding hydrogens is 273 g/mol. The van der Waals surface area contributed by atoms with Crippen molar-refractivity contribution in [3.63, 3.8) is 0 Å². The van der Waals surface area contributed by atoms with Crippen molar-refractivity contribution in [3.8, 4) is 0 Å². The molecule has 2 rings (SSSR count). The number of rotatable bonds is 4. The predicted octanol–water partition coefficient (Wildman–Crippen LogP) is 3.90. The SMILES string of the molecule is CC(C)(C)c1csc(CC(CO)c2cccc(F)c2)n1. The second-order valence-corrected chi connectivity index (χ2v) is 6.96. The fourth-order valence-corrected chi connectivity index (χ4v) is 3.11. The molecule has 1 unspecified atom stereocenters. The normalized spacial score (nSPS) is 13.4. The first-order chi connectivity index (χ1) is 9.40. The lowest BCUT2D eigenvalue weighted by Gasteiger charge is -2.15. The van der Waals surface area contributed by atoms with Gasteiger partial charge >= 0.3 is 0 Å². The number of halogens is 1. The summed E-state index contributed by atoms with van der Waals surface area (Å²) in [7, 11) is 0. The molecule has 1 heterocycles. The first kappa shape index (κ1) is 15.1. The average Bonchev–Trinajstić information content (AvgIpc) is 2.84. The molecule has 4 heteroatoms. The Morgan fingerprint density at radius 3 is 2.65 bits per heavy atom. The van der Waals surface area contributed by atoms with Crippen LogP contribution in [0.3, 0.4) is 0 Å². The molecule has 0 saturated carbocycles. The van der Waals surface area contributed by atoms with Gasteiger partial charge in [0.1, 0.15) is 5.82 Å². The lowest BCUT2D eigenvalue weighted by Crippen LogP contribution is -2.12. The van der Waals surface area contributed by atoms with E-state index < -0.39 is 0 Å². The monoisotopic (exact) mass is 293 g/mol. The van der Waals surface area contributed by atoms with Crippen molar-refractivity contribution < 1.29 is 9.50 Å². The highest BCUT2D eigenvalue weighted by Gasteiger charge is 2.19. The number of aliphatic hydroxyl groups excluding tert-OH is 1. The van der Waals surface area contributed by atoms with E-state index in [1.165, 1.54) is 12.1 Å². The highest BCUT2D eigenvalue weighted by Crippen LogP contribution is 2.27. The van der Waals surface area contributed by atoms with Crippen LogP contribution in [0, 0.1) is 5.82 Å². The Kier molecular flexibility index (Phi) is 4.55. The van der Waals surface area contributed by atoms with Crippen molar-refractivity contribution in [2.24, 2.45) is 0 Å². The topological polar surface area (TPSA) is 33.1 Å². The van der Waals surface area contributed by atoms with Gasteiger partial charge in [-0.3, -0.25) is 0 Å². The Labute approximate surface area is 123 Å². The molecule has 0 bridgehead atoms. The zero-order valence-corrected chi connectivity index (χ0v) is 12.9. The van der Waals surface area contributed by atoms with Crippen LogP contribution in [-0.2, 0) is 11.8 Å². The van der Waals surface area contributed by atoms with Crippen molar-refractivity contribution >= 4 is 11.3 Å². The Balaban J connectivity index is 2.16. The number of benzene rings is 1. The molecule has 0 radical (unpaired) electrons. The zero-order chi connectivity index (χ0) is 14.8. The van der Waals surface area contributed by atoms with E-state index in [1.54, 1.807) is 17.4 Å². The van der Waals surface area contributed by atoms with Gasteiger partial charge in [-0.25, -0.2) is 9.37 Å². The average molecular weight is 293 g/mol. The summed E-state index contributed by atoms with van der Waals surface area (Å²) >= 11 is 1.60. The first-order valence-electron chi connectivity index (χ1n) is 6.71. The molecule has 1 N–H and O–H groups in total. The highest BCUT2D eigenvalue weighted by molar-refractivity contribution is 7.09. The molecule has 0 fully saturated rings. The van der Waals surface area contributed by atoms with E-state index in [0.29, 0.717) is 6.42 Å². The van der Waals surface area contributed by atoms with Crippen LogP contribution in [0.1, 0.15) is 43.0 Å². The van der Waals surface area contributed by atoms with Crippen LogP contribution in [0.2, 0.25) is 0 Å². The summed E-state index contributed by atoms with van der Waals surface area (Å²) < 4.78 is 13.3. The number of nitrogens with zero attached hydrogens (tertiary/aromatic N) is 1. The van der Waals surface area contributed by atoms with Crippen molar-refractivity contribution in [1.29, 1.82) is 0 Å². The van der Waals surface area contributed by atoms with Gasteiger partial charge in [-0.15, -0.1) is 11.3 Å². The van der Waals surface area contributed by atoms with Gasteiger partial charge in [-0.1, -0.05) is 32.9 Å². The molecule has 2 nitrogen and oxygen atoms in total. The second kappa shape index (κ2) is 6.02. The quantitative estimate of drug-likeness (QED) is 0.927. The van der Waals surface area contributed by atoms with Crippen LogP contribution in [0.15, 0.2) is 29.6 Å². The van der Waals surface area contributed by atoms with Gasteiger partial charge in [0.25, 0.3) is 0 Å². The lowest BCUT2D eigenvalue weighted by atomic mass is 9.93. The summed E-state index contributed by atoms with van der Waals surface area (Å²) in [6.45, 7) is 6.37. The Bertz CT molecular complexity index is 574. The fraction of sp³-hybridized carbons (Fsp3) is 0.438. The van der Waals surface area contributed by atoms with E-state index in [1.807, 2.05) is 6.07 Å². The standard InChI is InChI=1S/C16H20FNOS/c1-16(2,3)14-10-20-15(18-14)8-12(9-19)11-5-4-6-13(17)7-11/h4-7,10,12,19H,8-9H2,1-3H3. The number of hydrogen-bond acceptors (Lipinski definition) is 3. The van der Waals surface area contributed by atoms with Crippen molar-refractivity contribution in [3.05, 3.63) is 51.7 Å². The number of thiazole rings is 1. The van der Waals surface area contributed by atoms with E-state index in [-0.39, 0.29) is 23.8 Å². The van der Waals surface area contributed by atoms with Crippen LogP contribution in [0.25, 0.3) is 0 Å². The number of aliphatic hydroxyl groups is 1. The Morgan fingerprint density at radius 2 is 2.10 bits per heavy atom. The van der Waals surface area contributed by atoms with Gasteiger partial charge in [0.05, 0.1) is 17.3 Å². The summed E-state index contributed by atoms with van der Waals surface area (Å²) in [5.41, 5.74) is 1.91. The minimum absolute atomic E-state index is 0.00607. The minimum Gasteiger partial charge on any atom is -0.396 e. The second-order valence-electron chi connectivity index (χ2n) is 6.02. The molecule has 0 amide bonds. The van der Waals surface area contributed by atoms with E-state index in [4.69, 9.17) is 0 Å². The maximum atomic E-state index is 13.3. The number of aromatic nitrogens is 1. The van der Waals surface area contributed by atoms with Gasteiger partial charge in [-0.2, -0.15) is 0 Å². The van der Waals surface area contributed by atoms with Gasteiger partial charge in [0.15, 0.2) is 0 Å². The fourth-order valence-electron chi connectivity index (χ4n) is 2.01. The lowest BCUT2D eigenvalue weighted by molar-refractivity contribution is 0.264. The third-order valence-electron chi connectivity index (χ3n) is 3.28. The van der Waals surface area contributed by atoms with Crippen LogP contribution >= 0.6 is 11.3 Å². The van der Waals surface area contributed by atoms with E-state index in [2.05, 4.69) is 31.1 Å². The van der Waals surface area contributed by atoms with E-state index in [9.17, 15) is 9.50 Å². The summed E-state index contributed by atoms with van der Waals surface area (Å²) in [5, 5.41) is 12.6. The molecule has 108 valence electrons. The first-order valence-corrected chi connectivity index (χ1v) is 7.59. The van der Waals surface area contributed by atoms with Crippen LogP contribution < -0.4 is 0 Å².